The number of anilines is 1. The van der Waals surface area contributed by atoms with Crippen LogP contribution in [0.15, 0.2) is 24.3 Å². The third kappa shape index (κ3) is 3.67. The Bertz CT molecular complexity index is 512. The van der Waals surface area contributed by atoms with Gasteiger partial charge in [-0.3, -0.25) is 25.8 Å². The lowest BCUT2D eigenvalue weighted by Crippen LogP contribution is -2.37. The maximum atomic E-state index is 11.7. The van der Waals surface area contributed by atoms with E-state index in [0.717, 1.165) is 12.8 Å². The first-order valence-corrected chi connectivity index (χ1v) is 6.50. The van der Waals surface area contributed by atoms with E-state index in [9.17, 15) is 20.0 Å². The summed E-state index contributed by atoms with van der Waals surface area (Å²) in [7, 11) is 0. The Kier molecular flexibility index (Phi) is 4.19. The Labute approximate surface area is 116 Å². The summed E-state index contributed by atoms with van der Waals surface area (Å²) in [5.74, 6) is -0.332. The number of nitrogens with zero attached hydrogens (tertiary/aromatic N) is 1. The van der Waals surface area contributed by atoms with Crippen molar-refractivity contribution in [1.29, 1.82) is 0 Å². The first-order valence-electron chi connectivity index (χ1n) is 6.50. The Hall–Kier alpha value is -2.15. The molecule has 20 heavy (non-hydrogen) atoms. The van der Waals surface area contributed by atoms with E-state index in [2.05, 4.69) is 10.9 Å². The molecule has 0 spiro atoms. The number of carbonyl (C=O) groups is 1. The van der Waals surface area contributed by atoms with E-state index in [0.29, 0.717) is 18.5 Å². The molecule has 1 fully saturated rings. The Balaban J connectivity index is 1.87. The largest absolute Gasteiger partial charge is 0.389 e. The summed E-state index contributed by atoms with van der Waals surface area (Å²) >= 11 is 0. The van der Waals surface area contributed by atoms with Crippen molar-refractivity contribution in [2.24, 2.45) is 0 Å². The van der Waals surface area contributed by atoms with Gasteiger partial charge in [0.15, 0.2) is 0 Å². The second kappa shape index (κ2) is 5.87. The average molecular weight is 279 g/mol. The molecule has 1 amide bonds. The highest BCUT2D eigenvalue weighted by atomic mass is 16.6. The van der Waals surface area contributed by atoms with Crippen LogP contribution in [-0.2, 0) is 4.79 Å². The predicted molar refractivity (Wildman–Crippen MR) is 72.9 cm³/mol. The van der Waals surface area contributed by atoms with E-state index >= 15 is 0 Å². The van der Waals surface area contributed by atoms with Gasteiger partial charge in [0.25, 0.3) is 5.69 Å². The van der Waals surface area contributed by atoms with Crippen molar-refractivity contribution in [1.82, 2.24) is 5.43 Å². The van der Waals surface area contributed by atoms with Crippen molar-refractivity contribution in [2.45, 2.75) is 37.7 Å². The summed E-state index contributed by atoms with van der Waals surface area (Å²) in [5, 5.41) is 20.7. The minimum Gasteiger partial charge on any atom is -0.389 e. The minimum atomic E-state index is -0.908. The van der Waals surface area contributed by atoms with E-state index in [4.69, 9.17) is 0 Å². The number of benzene rings is 1. The van der Waals surface area contributed by atoms with Crippen molar-refractivity contribution in [3.8, 4) is 0 Å². The fourth-order valence-electron chi connectivity index (χ4n) is 2.39. The highest BCUT2D eigenvalue weighted by Crippen LogP contribution is 2.32. The smallest absolute Gasteiger partial charge is 0.271 e. The lowest BCUT2D eigenvalue weighted by molar-refractivity contribution is -0.384. The van der Waals surface area contributed by atoms with Crippen molar-refractivity contribution < 1.29 is 14.8 Å². The number of amides is 1. The second-order valence-corrected chi connectivity index (χ2v) is 5.09. The fourth-order valence-corrected chi connectivity index (χ4v) is 2.39. The van der Waals surface area contributed by atoms with Gasteiger partial charge >= 0.3 is 0 Å². The molecular formula is C13H17N3O4. The zero-order valence-corrected chi connectivity index (χ0v) is 11.0. The zero-order chi connectivity index (χ0) is 14.6. The van der Waals surface area contributed by atoms with Gasteiger partial charge in [-0.25, -0.2) is 0 Å². The number of non-ortho nitro benzene ring substituents is 1. The van der Waals surface area contributed by atoms with Gasteiger partial charge in [0.1, 0.15) is 0 Å². The van der Waals surface area contributed by atoms with Crippen LogP contribution in [0.1, 0.15) is 32.1 Å². The molecule has 108 valence electrons. The molecule has 0 bridgehead atoms. The minimum absolute atomic E-state index is 0.0366. The topological polar surface area (TPSA) is 104 Å². The summed E-state index contributed by atoms with van der Waals surface area (Å²) in [5.41, 5.74) is 4.52. The summed E-state index contributed by atoms with van der Waals surface area (Å²) in [4.78, 5) is 21.8. The van der Waals surface area contributed by atoms with Crippen LogP contribution in [0.25, 0.3) is 0 Å². The number of carbonyl (C=O) groups excluding carboxylic acids is 1. The van der Waals surface area contributed by atoms with Crippen LogP contribution in [0.2, 0.25) is 0 Å². The molecule has 2 rings (SSSR count). The lowest BCUT2D eigenvalue weighted by atomic mass is 9.98. The first-order chi connectivity index (χ1) is 9.48. The number of hydrogen-bond acceptors (Lipinski definition) is 5. The van der Waals surface area contributed by atoms with Crippen molar-refractivity contribution >= 4 is 17.3 Å². The van der Waals surface area contributed by atoms with Gasteiger partial charge in [0, 0.05) is 12.1 Å². The molecule has 1 aliphatic rings. The number of aliphatic hydroxyl groups is 1. The summed E-state index contributed by atoms with van der Waals surface area (Å²) in [6.45, 7) is 0. The van der Waals surface area contributed by atoms with Gasteiger partial charge in [0.2, 0.25) is 5.91 Å². The molecule has 1 aliphatic carbocycles. The molecule has 0 aromatic heterocycles. The van der Waals surface area contributed by atoms with Crippen molar-refractivity contribution in [3.63, 3.8) is 0 Å². The molecule has 0 aliphatic heterocycles. The lowest BCUT2D eigenvalue weighted by Gasteiger charge is -2.21. The number of rotatable bonds is 5. The van der Waals surface area contributed by atoms with Crippen molar-refractivity contribution in [2.75, 3.05) is 5.43 Å². The SMILES string of the molecule is O=C(CC1(O)CCCC1)NNc1cccc([N+](=O)[O-])c1. The van der Waals surface area contributed by atoms with Gasteiger partial charge in [-0.2, -0.15) is 0 Å². The van der Waals surface area contributed by atoms with Crippen molar-refractivity contribution in [3.05, 3.63) is 34.4 Å². The fraction of sp³-hybridized carbons (Fsp3) is 0.462. The van der Waals surface area contributed by atoms with E-state index in [1.807, 2.05) is 0 Å². The van der Waals surface area contributed by atoms with Gasteiger partial charge in [-0.1, -0.05) is 18.9 Å². The molecule has 7 nitrogen and oxygen atoms in total. The molecular weight excluding hydrogens is 262 g/mol. The Morgan fingerprint density at radius 2 is 2.10 bits per heavy atom. The van der Waals surface area contributed by atoms with Crippen LogP contribution in [0, 0.1) is 10.1 Å². The van der Waals surface area contributed by atoms with Gasteiger partial charge < -0.3 is 5.11 Å². The molecule has 0 saturated heterocycles. The quantitative estimate of drug-likeness (QED) is 0.562. The number of nitrogens with one attached hydrogen (secondary N) is 2. The van der Waals surface area contributed by atoms with E-state index in [-0.39, 0.29) is 18.0 Å². The van der Waals surface area contributed by atoms with E-state index in [1.54, 1.807) is 6.07 Å². The zero-order valence-electron chi connectivity index (χ0n) is 11.0. The molecule has 0 atom stereocenters. The first kappa shape index (κ1) is 14.3. The summed E-state index contributed by atoms with van der Waals surface area (Å²) in [6.07, 6.45) is 3.17. The number of hydrazine groups is 1. The molecule has 1 aromatic carbocycles. The van der Waals surface area contributed by atoms with Crippen LogP contribution >= 0.6 is 0 Å². The summed E-state index contributed by atoms with van der Waals surface area (Å²) in [6, 6.07) is 5.83. The van der Waals surface area contributed by atoms with Crippen LogP contribution in [0.4, 0.5) is 11.4 Å². The molecule has 3 N–H and O–H groups in total. The molecule has 1 aromatic rings. The molecule has 7 heteroatoms. The second-order valence-electron chi connectivity index (χ2n) is 5.09. The highest BCUT2D eigenvalue weighted by Gasteiger charge is 2.33. The number of nitro benzene ring substituents is 1. The predicted octanol–water partition coefficient (Wildman–Crippen LogP) is 1.73. The number of hydrogen-bond donors (Lipinski definition) is 3. The van der Waals surface area contributed by atoms with Gasteiger partial charge in [-0.15, -0.1) is 0 Å². The monoisotopic (exact) mass is 279 g/mol. The molecule has 0 radical (unpaired) electrons. The molecule has 0 heterocycles. The Morgan fingerprint density at radius 1 is 1.40 bits per heavy atom. The normalized spacial score (nSPS) is 16.6. The summed E-state index contributed by atoms with van der Waals surface area (Å²) < 4.78 is 0. The standard InChI is InChI=1S/C13H17N3O4/c17-12(9-13(18)6-1-2-7-13)15-14-10-4-3-5-11(8-10)16(19)20/h3-5,8,14,18H,1-2,6-7,9H2,(H,15,17). The third-order valence-electron chi connectivity index (χ3n) is 3.43. The van der Waals surface area contributed by atoms with Crippen LogP contribution in [-0.4, -0.2) is 21.5 Å². The molecule has 0 unspecified atom stereocenters. The van der Waals surface area contributed by atoms with E-state index < -0.39 is 10.5 Å². The highest BCUT2D eigenvalue weighted by molar-refractivity contribution is 5.78. The molecule has 1 saturated carbocycles. The van der Waals surface area contributed by atoms with E-state index in [1.165, 1.54) is 18.2 Å². The Morgan fingerprint density at radius 3 is 2.75 bits per heavy atom. The van der Waals surface area contributed by atoms with Crippen LogP contribution in [0.3, 0.4) is 0 Å². The van der Waals surface area contributed by atoms with Crippen LogP contribution in [0.5, 0.6) is 0 Å². The maximum absolute atomic E-state index is 11.7. The number of nitro groups is 1. The maximum Gasteiger partial charge on any atom is 0.271 e. The van der Waals surface area contributed by atoms with Crippen LogP contribution < -0.4 is 10.9 Å². The van der Waals surface area contributed by atoms with Gasteiger partial charge in [0.05, 0.1) is 22.6 Å². The average Bonchev–Trinajstić information content (AvgIpc) is 2.83. The van der Waals surface area contributed by atoms with Gasteiger partial charge in [-0.05, 0) is 18.9 Å². The third-order valence-corrected chi connectivity index (χ3v) is 3.43.